The number of furan rings is 1. The first kappa shape index (κ1) is 21.3. The number of hydrazone groups is 1. The number of nitrogens with zero attached hydrogens (tertiary/aromatic N) is 2. The average Bonchev–Trinajstić information content (AvgIpc) is 3.53. The molecule has 1 aliphatic carbocycles. The SMILES string of the molecule is COc1ccc(C2=NN(C(=O)COc3cccc4c3CCC[C@@H]4O)[C@H](c3ccco3)C2)cc1. The fourth-order valence-corrected chi connectivity index (χ4v) is 4.53. The van der Waals surface area contributed by atoms with Gasteiger partial charge in [0.25, 0.3) is 5.91 Å². The van der Waals surface area contributed by atoms with E-state index in [4.69, 9.17) is 13.9 Å². The van der Waals surface area contributed by atoms with E-state index >= 15 is 0 Å². The summed E-state index contributed by atoms with van der Waals surface area (Å²) in [4.78, 5) is 13.2. The summed E-state index contributed by atoms with van der Waals surface area (Å²) in [5.74, 6) is 1.83. The third-order valence-electron chi connectivity index (χ3n) is 6.24. The van der Waals surface area contributed by atoms with Crippen molar-refractivity contribution in [3.05, 3.63) is 83.3 Å². The maximum Gasteiger partial charge on any atom is 0.281 e. The van der Waals surface area contributed by atoms with Gasteiger partial charge in [0.2, 0.25) is 0 Å². The number of aliphatic hydroxyl groups is 1. The van der Waals surface area contributed by atoms with Crippen molar-refractivity contribution < 1.29 is 23.8 Å². The summed E-state index contributed by atoms with van der Waals surface area (Å²) in [5, 5.41) is 16.4. The number of amides is 1. The number of hydrogen-bond donors (Lipinski definition) is 1. The molecule has 2 atom stereocenters. The molecule has 2 aromatic carbocycles. The monoisotopic (exact) mass is 446 g/mol. The van der Waals surface area contributed by atoms with E-state index in [1.807, 2.05) is 48.5 Å². The van der Waals surface area contributed by atoms with Crippen LogP contribution in [-0.4, -0.2) is 35.5 Å². The number of benzene rings is 2. The topological polar surface area (TPSA) is 84.5 Å². The average molecular weight is 447 g/mol. The number of methoxy groups -OCH3 is 1. The van der Waals surface area contributed by atoms with Gasteiger partial charge in [-0.3, -0.25) is 4.79 Å². The molecule has 0 saturated carbocycles. The van der Waals surface area contributed by atoms with Crippen LogP contribution in [0.3, 0.4) is 0 Å². The Bertz CT molecular complexity index is 1150. The molecule has 3 aromatic rings. The number of ether oxygens (including phenoxy) is 2. The Labute approximate surface area is 192 Å². The van der Waals surface area contributed by atoms with Crippen molar-refractivity contribution in [2.75, 3.05) is 13.7 Å². The van der Waals surface area contributed by atoms with Gasteiger partial charge < -0.3 is 19.0 Å². The quantitative estimate of drug-likeness (QED) is 0.606. The van der Waals surface area contributed by atoms with Gasteiger partial charge in [-0.25, -0.2) is 5.01 Å². The van der Waals surface area contributed by atoms with Gasteiger partial charge in [-0.1, -0.05) is 12.1 Å². The summed E-state index contributed by atoms with van der Waals surface area (Å²) < 4.78 is 16.8. The zero-order valence-corrected chi connectivity index (χ0v) is 18.4. The second kappa shape index (κ2) is 9.11. The molecule has 0 bridgehead atoms. The highest BCUT2D eigenvalue weighted by Gasteiger charge is 2.35. The fraction of sp³-hybridized carbons (Fsp3) is 0.308. The Balaban J connectivity index is 1.36. The summed E-state index contributed by atoms with van der Waals surface area (Å²) in [6.45, 7) is -0.150. The fourth-order valence-electron chi connectivity index (χ4n) is 4.53. The smallest absolute Gasteiger partial charge is 0.281 e. The molecule has 1 N–H and O–H groups in total. The van der Waals surface area contributed by atoms with E-state index in [1.165, 1.54) is 5.01 Å². The molecule has 0 unspecified atom stereocenters. The van der Waals surface area contributed by atoms with E-state index in [9.17, 15) is 9.90 Å². The molecular weight excluding hydrogens is 420 g/mol. The van der Waals surface area contributed by atoms with Crippen molar-refractivity contribution in [1.29, 1.82) is 0 Å². The maximum atomic E-state index is 13.2. The standard InChI is InChI=1S/C26H26N2O5/c1-31-18-12-10-17(11-13-18)21-15-22(25-9-4-14-32-25)28(27-21)26(30)16-33-24-8-3-5-19-20(24)6-2-7-23(19)29/h3-5,8-14,22-23,29H,2,6-7,15-16H2,1H3/t22-,23-/m0/s1. The van der Waals surface area contributed by atoms with Crippen LogP contribution in [0.5, 0.6) is 11.5 Å². The number of hydrogen-bond acceptors (Lipinski definition) is 6. The second-order valence-electron chi connectivity index (χ2n) is 8.27. The van der Waals surface area contributed by atoms with Crippen molar-refractivity contribution in [1.82, 2.24) is 5.01 Å². The van der Waals surface area contributed by atoms with Gasteiger partial charge in [0.1, 0.15) is 23.3 Å². The minimum absolute atomic E-state index is 0.150. The highest BCUT2D eigenvalue weighted by Crippen LogP contribution is 2.36. The molecule has 0 spiro atoms. The molecule has 5 rings (SSSR count). The largest absolute Gasteiger partial charge is 0.497 e. The van der Waals surface area contributed by atoms with Crippen molar-refractivity contribution in [3.63, 3.8) is 0 Å². The number of carbonyl (C=O) groups is 1. The number of aliphatic hydroxyl groups excluding tert-OH is 1. The lowest BCUT2D eigenvalue weighted by Crippen LogP contribution is -2.31. The third kappa shape index (κ3) is 4.24. The highest BCUT2D eigenvalue weighted by molar-refractivity contribution is 6.03. The van der Waals surface area contributed by atoms with Crippen molar-refractivity contribution >= 4 is 11.6 Å². The molecule has 1 aliphatic heterocycles. The van der Waals surface area contributed by atoms with Gasteiger partial charge >= 0.3 is 0 Å². The zero-order valence-electron chi connectivity index (χ0n) is 18.4. The van der Waals surface area contributed by atoms with E-state index in [1.54, 1.807) is 19.4 Å². The van der Waals surface area contributed by atoms with Crippen LogP contribution in [-0.2, 0) is 11.2 Å². The second-order valence-corrected chi connectivity index (χ2v) is 8.27. The molecule has 1 aromatic heterocycles. The Kier molecular flexibility index (Phi) is 5.88. The van der Waals surface area contributed by atoms with Crippen LogP contribution in [0.2, 0.25) is 0 Å². The molecule has 0 radical (unpaired) electrons. The molecular formula is C26H26N2O5. The van der Waals surface area contributed by atoms with Crippen LogP contribution in [0.1, 0.15) is 53.9 Å². The summed E-state index contributed by atoms with van der Waals surface area (Å²) in [5.41, 5.74) is 3.60. The lowest BCUT2D eigenvalue weighted by atomic mass is 9.89. The first-order chi connectivity index (χ1) is 16.1. The molecule has 33 heavy (non-hydrogen) atoms. The van der Waals surface area contributed by atoms with Crippen LogP contribution in [0, 0.1) is 0 Å². The van der Waals surface area contributed by atoms with Gasteiger partial charge in [0.15, 0.2) is 6.61 Å². The molecule has 2 aliphatic rings. The predicted molar refractivity (Wildman–Crippen MR) is 122 cm³/mol. The normalized spacial score (nSPS) is 19.7. The first-order valence-corrected chi connectivity index (χ1v) is 11.1. The van der Waals surface area contributed by atoms with Crippen LogP contribution in [0.4, 0.5) is 0 Å². The Hall–Kier alpha value is -3.58. The third-order valence-corrected chi connectivity index (χ3v) is 6.24. The zero-order chi connectivity index (χ0) is 22.8. The minimum atomic E-state index is -0.480. The van der Waals surface area contributed by atoms with Crippen LogP contribution in [0.15, 0.2) is 70.4 Å². The van der Waals surface area contributed by atoms with E-state index in [0.717, 1.165) is 47.4 Å². The molecule has 2 heterocycles. The number of carbonyl (C=O) groups excluding carboxylic acids is 1. The molecule has 0 saturated heterocycles. The summed E-state index contributed by atoms with van der Waals surface area (Å²) in [7, 11) is 1.63. The van der Waals surface area contributed by atoms with E-state index in [-0.39, 0.29) is 18.6 Å². The Morgan fingerprint density at radius 1 is 1.18 bits per heavy atom. The molecule has 1 amide bonds. The molecule has 7 heteroatoms. The molecule has 0 fully saturated rings. The van der Waals surface area contributed by atoms with Gasteiger partial charge in [0.05, 0.1) is 25.2 Å². The molecule has 7 nitrogen and oxygen atoms in total. The minimum Gasteiger partial charge on any atom is -0.497 e. The van der Waals surface area contributed by atoms with Gasteiger partial charge in [0, 0.05) is 6.42 Å². The first-order valence-electron chi connectivity index (χ1n) is 11.1. The summed E-state index contributed by atoms with van der Waals surface area (Å²) in [6.07, 6.45) is 4.13. The van der Waals surface area contributed by atoms with Crippen LogP contribution in [0.25, 0.3) is 0 Å². The lowest BCUT2D eigenvalue weighted by molar-refractivity contribution is -0.135. The lowest BCUT2D eigenvalue weighted by Gasteiger charge is -2.24. The number of rotatable bonds is 6. The van der Waals surface area contributed by atoms with Crippen LogP contribution < -0.4 is 9.47 Å². The van der Waals surface area contributed by atoms with Crippen LogP contribution >= 0.6 is 0 Å². The van der Waals surface area contributed by atoms with Gasteiger partial charge in [-0.05, 0) is 78.4 Å². The predicted octanol–water partition coefficient (Wildman–Crippen LogP) is 4.41. The van der Waals surface area contributed by atoms with Gasteiger partial charge in [-0.15, -0.1) is 0 Å². The summed E-state index contributed by atoms with van der Waals surface area (Å²) in [6, 6.07) is 16.6. The molecule has 170 valence electrons. The van der Waals surface area contributed by atoms with E-state index in [0.29, 0.717) is 17.9 Å². The van der Waals surface area contributed by atoms with E-state index in [2.05, 4.69) is 5.10 Å². The summed E-state index contributed by atoms with van der Waals surface area (Å²) >= 11 is 0. The number of fused-ring (bicyclic) bond motifs is 1. The van der Waals surface area contributed by atoms with E-state index < -0.39 is 6.10 Å². The van der Waals surface area contributed by atoms with Crippen molar-refractivity contribution in [3.8, 4) is 11.5 Å². The Morgan fingerprint density at radius 3 is 2.79 bits per heavy atom. The highest BCUT2D eigenvalue weighted by atomic mass is 16.5. The Morgan fingerprint density at radius 2 is 2.03 bits per heavy atom. The van der Waals surface area contributed by atoms with Gasteiger partial charge in [-0.2, -0.15) is 5.10 Å². The maximum absolute atomic E-state index is 13.2. The van der Waals surface area contributed by atoms with Crippen molar-refractivity contribution in [2.45, 2.75) is 37.8 Å². The van der Waals surface area contributed by atoms with Crippen molar-refractivity contribution in [2.24, 2.45) is 5.10 Å².